The van der Waals surface area contributed by atoms with Gasteiger partial charge in [0.15, 0.2) is 0 Å². The summed E-state index contributed by atoms with van der Waals surface area (Å²) < 4.78 is 0. The summed E-state index contributed by atoms with van der Waals surface area (Å²) in [5.41, 5.74) is 1.46. The summed E-state index contributed by atoms with van der Waals surface area (Å²) in [4.78, 5) is 2.47. The zero-order chi connectivity index (χ0) is 11.9. The maximum atomic E-state index is 2.47. The number of rotatable bonds is 5. The maximum Gasteiger partial charge on any atom is 0.0181 e. The molecule has 0 aromatic heterocycles. The Morgan fingerprint density at radius 1 is 1.18 bits per heavy atom. The number of hydrogen-bond acceptors (Lipinski definition) is 1. The molecule has 0 spiro atoms. The van der Waals surface area contributed by atoms with Crippen LogP contribution in [0.5, 0.6) is 0 Å². The number of hydrogen-bond donors (Lipinski definition) is 0. The first-order valence-electron chi connectivity index (χ1n) is 6.87. The van der Waals surface area contributed by atoms with Crippen molar-refractivity contribution in [2.75, 3.05) is 13.1 Å². The second-order valence-electron chi connectivity index (χ2n) is 4.89. The Hall–Kier alpha value is -1.24. The first-order valence-corrected chi connectivity index (χ1v) is 6.87. The van der Waals surface area contributed by atoms with Crippen LogP contribution in [0.25, 0.3) is 0 Å². The van der Waals surface area contributed by atoms with Crippen LogP contribution in [0.1, 0.15) is 44.1 Å². The van der Waals surface area contributed by atoms with E-state index in [2.05, 4.69) is 54.4 Å². The highest BCUT2D eigenvalue weighted by molar-refractivity contribution is 5.24. The lowest BCUT2D eigenvalue weighted by atomic mass is 9.93. The topological polar surface area (TPSA) is 3.24 Å². The van der Waals surface area contributed by atoms with Gasteiger partial charge in [0.25, 0.3) is 0 Å². The smallest absolute Gasteiger partial charge is 0.0181 e. The largest absolute Gasteiger partial charge is 0.378 e. The third-order valence-electron chi connectivity index (χ3n) is 3.53. The average molecular weight is 229 g/mol. The molecule has 92 valence electrons. The predicted molar refractivity (Wildman–Crippen MR) is 74.0 cm³/mol. The molecule has 1 nitrogen and oxygen atoms in total. The van der Waals surface area contributed by atoms with Gasteiger partial charge in [-0.25, -0.2) is 0 Å². The molecule has 1 unspecified atom stereocenters. The van der Waals surface area contributed by atoms with Gasteiger partial charge in [-0.15, -0.1) is 0 Å². The summed E-state index contributed by atoms with van der Waals surface area (Å²) in [5.74, 6) is 0.624. The van der Waals surface area contributed by atoms with Crippen LogP contribution in [0.4, 0.5) is 0 Å². The van der Waals surface area contributed by atoms with Gasteiger partial charge in [0, 0.05) is 19.0 Å². The second kappa shape index (κ2) is 6.48. The van der Waals surface area contributed by atoms with Crippen LogP contribution in [0.2, 0.25) is 0 Å². The van der Waals surface area contributed by atoms with E-state index in [4.69, 9.17) is 0 Å². The second-order valence-corrected chi connectivity index (χ2v) is 4.89. The Kier molecular flexibility index (Phi) is 4.66. The van der Waals surface area contributed by atoms with Crippen molar-refractivity contribution < 1.29 is 0 Å². The molecule has 0 saturated carbocycles. The minimum atomic E-state index is 0.624. The van der Waals surface area contributed by atoms with Gasteiger partial charge in [-0.2, -0.15) is 0 Å². The highest BCUT2D eigenvalue weighted by Gasteiger charge is 2.13. The van der Waals surface area contributed by atoms with Gasteiger partial charge in [0.2, 0.25) is 0 Å². The van der Waals surface area contributed by atoms with Gasteiger partial charge in [-0.1, -0.05) is 56.2 Å². The van der Waals surface area contributed by atoms with Crippen molar-refractivity contribution in [1.82, 2.24) is 4.90 Å². The lowest BCUT2D eigenvalue weighted by molar-refractivity contribution is 0.335. The molecule has 0 radical (unpaired) electrons. The highest BCUT2D eigenvalue weighted by atomic mass is 15.1. The average Bonchev–Trinajstić information content (AvgIpc) is 2.41. The minimum Gasteiger partial charge on any atom is -0.378 e. The minimum absolute atomic E-state index is 0.624. The summed E-state index contributed by atoms with van der Waals surface area (Å²) in [6, 6.07) is 10.8. The van der Waals surface area contributed by atoms with Gasteiger partial charge in [-0.05, 0) is 24.6 Å². The summed E-state index contributed by atoms with van der Waals surface area (Å²) in [5, 5.41) is 0. The van der Waals surface area contributed by atoms with Crippen LogP contribution >= 0.6 is 0 Å². The third-order valence-corrected chi connectivity index (χ3v) is 3.53. The molecule has 1 aromatic rings. The van der Waals surface area contributed by atoms with Gasteiger partial charge in [0.1, 0.15) is 0 Å². The molecule has 1 aromatic carbocycles. The molecular weight excluding hydrogens is 206 g/mol. The Morgan fingerprint density at radius 2 is 2.00 bits per heavy atom. The molecule has 17 heavy (non-hydrogen) atoms. The molecule has 1 heteroatoms. The Bertz CT molecular complexity index is 342. The van der Waals surface area contributed by atoms with Crippen LogP contribution in [0.3, 0.4) is 0 Å². The summed E-state index contributed by atoms with van der Waals surface area (Å²) in [6.07, 6.45) is 9.92. The molecular formula is C16H23N. The van der Waals surface area contributed by atoms with E-state index < -0.39 is 0 Å². The lowest BCUT2D eigenvalue weighted by Crippen LogP contribution is -2.24. The molecule has 1 aliphatic heterocycles. The fraction of sp³-hybridized carbons (Fsp3) is 0.500. The van der Waals surface area contributed by atoms with Gasteiger partial charge in [-0.3, -0.25) is 0 Å². The molecule has 1 aliphatic rings. The standard InChI is InChI=1S/C16H23N/c1-2-3-7-12-17-13-10-16(11-14-17)15-8-5-4-6-9-15/h4-6,8-10,13,16H,2-3,7,11-12,14H2,1H3. The van der Waals surface area contributed by atoms with Crippen molar-refractivity contribution >= 4 is 0 Å². The van der Waals surface area contributed by atoms with E-state index in [0.29, 0.717) is 5.92 Å². The van der Waals surface area contributed by atoms with Crippen molar-refractivity contribution in [3.63, 3.8) is 0 Å². The SMILES string of the molecule is CCCCCN1C=CC(c2ccccc2)CC1. The molecule has 0 N–H and O–H groups in total. The van der Waals surface area contributed by atoms with E-state index in [1.165, 1.54) is 44.3 Å². The quantitative estimate of drug-likeness (QED) is 0.685. The first kappa shape index (κ1) is 12.2. The van der Waals surface area contributed by atoms with Crippen molar-refractivity contribution in [2.45, 2.75) is 38.5 Å². The number of unbranched alkanes of at least 4 members (excludes halogenated alkanes) is 2. The van der Waals surface area contributed by atoms with Gasteiger partial charge < -0.3 is 4.90 Å². The Labute approximate surface area is 105 Å². The van der Waals surface area contributed by atoms with Crippen LogP contribution in [-0.2, 0) is 0 Å². The van der Waals surface area contributed by atoms with E-state index in [1.54, 1.807) is 0 Å². The molecule has 0 saturated heterocycles. The molecule has 2 rings (SSSR count). The van der Waals surface area contributed by atoms with Crippen molar-refractivity contribution in [1.29, 1.82) is 0 Å². The Balaban J connectivity index is 1.85. The van der Waals surface area contributed by atoms with E-state index in [0.717, 1.165) is 0 Å². The van der Waals surface area contributed by atoms with Crippen molar-refractivity contribution in [3.05, 3.63) is 48.2 Å². The summed E-state index contributed by atoms with van der Waals surface area (Å²) in [7, 11) is 0. The van der Waals surface area contributed by atoms with Crippen LogP contribution in [-0.4, -0.2) is 18.0 Å². The fourth-order valence-electron chi connectivity index (χ4n) is 2.43. The fourth-order valence-corrected chi connectivity index (χ4v) is 2.43. The number of nitrogens with zero attached hydrogens (tertiary/aromatic N) is 1. The van der Waals surface area contributed by atoms with Crippen LogP contribution in [0.15, 0.2) is 42.6 Å². The van der Waals surface area contributed by atoms with Crippen molar-refractivity contribution in [2.24, 2.45) is 0 Å². The monoisotopic (exact) mass is 229 g/mol. The first-order chi connectivity index (χ1) is 8.40. The Morgan fingerprint density at radius 3 is 2.65 bits per heavy atom. The molecule has 1 heterocycles. The molecule has 0 aliphatic carbocycles. The zero-order valence-corrected chi connectivity index (χ0v) is 10.8. The molecule has 0 bridgehead atoms. The van der Waals surface area contributed by atoms with Gasteiger partial charge in [0.05, 0.1) is 0 Å². The number of allylic oxidation sites excluding steroid dienone is 1. The number of benzene rings is 1. The van der Waals surface area contributed by atoms with Crippen molar-refractivity contribution in [3.8, 4) is 0 Å². The third kappa shape index (κ3) is 3.62. The zero-order valence-electron chi connectivity index (χ0n) is 10.8. The predicted octanol–water partition coefficient (Wildman–Crippen LogP) is 4.18. The molecule has 1 atom stereocenters. The maximum absolute atomic E-state index is 2.47. The van der Waals surface area contributed by atoms with Gasteiger partial charge >= 0.3 is 0 Å². The summed E-state index contributed by atoms with van der Waals surface area (Å²) in [6.45, 7) is 4.70. The van der Waals surface area contributed by atoms with Crippen LogP contribution in [0, 0.1) is 0 Å². The van der Waals surface area contributed by atoms with E-state index in [1.807, 2.05) is 0 Å². The summed E-state index contributed by atoms with van der Waals surface area (Å²) >= 11 is 0. The normalized spacial score (nSPS) is 19.6. The van der Waals surface area contributed by atoms with E-state index in [-0.39, 0.29) is 0 Å². The lowest BCUT2D eigenvalue weighted by Gasteiger charge is -2.28. The van der Waals surface area contributed by atoms with E-state index >= 15 is 0 Å². The molecule has 0 amide bonds. The van der Waals surface area contributed by atoms with Crippen LogP contribution < -0.4 is 0 Å². The van der Waals surface area contributed by atoms with E-state index in [9.17, 15) is 0 Å². The molecule has 0 fully saturated rings. The highest BCUT2D eigenvalue weighted by Crippen LogP contribution is 2.25.